The van der Waals surface area contributed by atoms with Gasteiger partial charge in [0.25, 0.3) is 11.8 Å². The van der Waals surface area contributed by atoms with Crippen LogP contribution in [0.5, 0.6) is 0 Å². The maximum absolute atomic E-state index is 12.2. The van der Waals surface area contributed by atoms with Crippen molar-refractivity contribution in [3.8, 4) is 0 Å². The Kier molecular flexibility index (Phi) is 4.01. The number of benzene rings is 1. The molecule has 130 valence electrons. The van der Waals surface area contributed by atoms with E-state index in [1.165, 1.54) is 23.2 Å². The topological polar surface area (TPSA) is 114 Å². The Balaban J connectivity index is 2.00. The zero-order chi connectivity index (χ0) is 18.3. The van der Waals surface area contributed by atoms with Crippen LogP contribution in [0.1, 0.15) is 0 Å². The number of rotatable bonds is 4. The van der Waals surface area contributed by atoms with Gasteiger partial charge in [0.15, 0.2) is 0 Å². The average Bonchev–Trinajstić information content (AvgIpc) is 2.86. The van der Waals surface area contributed by atoms with Crippen molar-refractivity contribution in [2.45, 2.75) is 0 Å². The van der Waals surface area contributed by atoms with Crippen molar-refractivity contribution in [3.63, 3.8) is 0 Å². The number of aliphatic hydroxyl groups excluding tert-OH is 1. The molecule has 1 aromatic carbocycles. The van der Waals surface area contributed by atoms with Gasteiger partial charge in [-0.15, -0.1) is 0 Å². The van der Waals surface area contributed by atoms with E-state index >= 15 is 0 Å². The molecule has 9 heteroatoms. The smallest absolute Gasteiger partial charge is 0.316 e. The summed E-state index contributed by atoms with van der Waals surface area (Å²) in [5, 5.41) is 11.8. The fourth-order valence-electron chi connectivity index (χ4n) is 2.72. The number of β-amino-alcohol motifs (C(OH)–C–C–N with tert-alkyl or cyclic N) is 1. The Bertz CT molecular complexity index is 1050. The van der Waals surface area contributed by atoms with Crippen molar-refractivity contribution >= 4 is 28.5 Å². The lowest BCUT2D eigenvalue weighted by molar-refractivity contribution is -0.137. The zero-order valence-corrected chi connectivity index (χ0v) is 13.6. The number of fused-ring (bicyclic) bond motifs is 1. The van der Waals surface area contributed by atoms with Crippen LogP contribution in [0.25, 0.3) is 11.0 Å². The summed E-state index contributed by atoms with van der Waals surface area (Å²) in [6, 6.07) is 4.90. The Morgan fingerprint density at radius 3 is 2.28 bits per heavy atom. The molecule has 2 aromatic rings. The van der Waals surface area contributed by atoms with Crippen LogP contribution >= 0.6 is 0 Å². The molecule has 1 aliphatic rings. The van der Waals surface area contributed by atoms with E-state index in [9.17, 15) is 19.2 Å². The molecule has 1 aromatic heterocycles. The van der Waals surface area contributed by atoms with E-state index in [1.54, 1.807) is 18.2 Å². The number of aromatic nitrogens is 2. The monoisotopic (exact) mass is 344 g/mol. The lowest BCUT2D eigenvalue weighted by Gasteiger charge is -2.14. The summed E-state index contributed by atoms with van der Waals surface area (Å²) in [6.45, 7) is -0.390. The number of carbonyl (C=O) groups is 2. The summed E-state index contributed by atoms with van der Waals surface area (Å²) in [5.41, 5.74) is 0.332. The minimum atomic E-state index is -0.660. The molecule has 25 heavy (non-hydrogen) atoms. The molecule has 0 spiro atoms. The third-order valence-corrected chi connectivity index (χ3v) is 4.10. The average molecular weight is 344 g/mol. The minimum Gasteiger partial charge on any atom is -0.395 e. The highest BCUT2D eigenvalue weighted by Gasteiger charge is 2.30. The number of carbonyl (C=O) groups excluding carboxylic acids is 2. The largest absolute Gasteiger partial charge is 0.395 e. The Labute approximate surface area is 141 Å². The molecule has 0 saturated heterocycles. The van der Waals surface area contributed by atoms with Crippen molar-refractivity contribution in [3.05, 3.63) is 50.7 Å². The molecule has 0 fully saturated rings. The molecule has 2 N–H and O–H groups in total. The van der Waals surface area contributed by atoms with Crippen LogP contribution in [-0.2, 0) is 23.7 Å². The van der Waals surface area contributed by atoms with E-state index in [1.807, 2.05) is 0 Å². The van der Waals surface area contributed by atoms with Gasteiger partial charge in [0, 0.05) is 25.9 Å². The fraction of sp³-hybridized carbons (Fsp3) is 0.250. The Morgan fingerprint density at radius 1 is 1.00 bits per heavy atom. The molecule has 0 aliphatic carbocycles. The normalized spacial score (nSPS) is 14.4. The highest BCUT2D eigenvalue weighted by atomic mass is 16.3. The van der Waals surface area contributed by atoms with Crippen molar-refractivity contribution in [2.75, 3.05) is 18.5 Å². The van der Waals surface area contributed by atoms with E-state index in [2.05, 4.69) is 5.32 Å². The van der Waals surface area contributed by atoms with Crippen molar-refractivity contribution < 1.29 is 14.7 Å². The SMILES string of the molecule is Cn1c(=O)c(=O)n(C)c2cc(NC3=CC(=O)N(CCO)C3=O)ccc21. The predicted molar refractivity (Wildman–Crippen MR) is 89.9 cm³/mol. The molecule has 0 radical (unpaired) electrons. The number of anilines is 1. The second-order valence-corrected chi connectivity index (χ2v) is 5.63. The second-order valence-electron chi connectivity index (χ2n) is 5.63. The third-order valence-electron chi connectivity index (χ3n) is 4.10. The Hall–Kier alpha value is -3.20. The quantitative estimate of drug-likeness (QED) is 0.537. The minimum absolute atomic E-state index is 0.0757. The molecule has 0 unspecified atom stereocenters. The van der Waals surface area contributed by atoms with Crippen LogP contribution in [0.3, 0.4) is 0 Å². The van der Waals surface area contributed by atoms with Crippen LogP contribution in [0.2, 0.25) is 0 Å². The van der Waals surface area contributed by atoms with Gasteiger partial charge in [-0.2, -0.15) is 0 Å². The number of aryl methyl sites for hydroxylation is 2. The predicted octanol–water partition coefficient (Wildman–Crippen LogP) is -1.11. The third kappa shape index (κ3) is 2.64. The summed E-state index contributed by atoms with van der Waals surface area (Å²) >= 11 is 0. The number of nitrogens with one attached hydrogen (secondary N) is 1. The molecule has 2 heterocycles. The lowest BCUT2D eigenvalue weighted by Crippen LogP contribution is -2.39. The molecule has 0 bridgehead atoms. The van der Waals surface area contributed by atoms with Gasteiger partial charge in [0.2, 0.25) is 0 Å². The van der Waals surface area contributed by atoms with Crippen LogP contribution in [0.4, 0.5) is 5.69 Å². The number of amides is 2. The summed E-state index contributed by atoms with van der Waals surface area (Å²) in [7, 11) is 3.00. The van der Waals surface area contributed by atoms with E-state index in [0.29, 0.717) is 16.7 Å². The van der Waals surface area contributed by atoms with E-state index < -0.39 is 22.9 Å². The van der Waals surface area contributed by atoms with Gasteiger partial charge in [-0.3, -0.25) is 24.1 Å². The van der Waals surface area contributed by atoms with Gasteiger partial charge in [-0.25, -0.2) is 0 Å². The fourth-order valence-corrected chi connectivity index (χ4v) is 2.72. The lowest BCUT2D eigenvalue weighted by atomic mass is 10.2. The molecular weight excluding hydrogens is 328 g/mol. The molecule has 2 amide bonds. The van der Waals surface area contributed by atoms with Crippen LogP contribution in [0, 0.1) is 0 Å². The molecule has 3 rings (SSSR count). The standard InChI is InChI=1S/C16H16N4O5/c1-18-11-4-3-9(7-12(11)19(2)16(25)15(18)24)17-10-8-13(22)20(5-6-21)14(10)23/h3-4,7-8,17,21H,5-6H2,1-2H3. The Morgan fingerprint density at radius 2 is 1.64 bits per heavy atom. The van der Waals surface area contributed by atoms with Crippen LogP contribution in [-0.4, -0.2) is 44.1 Å². The van der Waals surface area contributed by atoms with E-state index in [4.69, 9.17) is 5.11 Å². The number of hydrogen-bond donors (Lipinski definition) is 2. The first-order chi connectivity index (χ1) is 11.8. The highest BCUT2D eigenvalue weighted by Crippen LogP contribution is 2.20. The highest BCUT2D eigenvalue weighted by molar-refractivity contribution is 6.17. The van der Waals surface area contributed by atoms with Gasteiger partial charge < -0.3 is 19.6 Å². The zero-order valence-electron chi connectivity index (χ0n) is 13.6. The molecule has 9 nitrogen and oxygen atoms in total. The summed E-state index contributed by atoms with van der Waals surface area (Å²) in [4.78, 5) is 48.6. The van der Waals surface area contributed by atoms with Crippen LogP contribution < -0.4 is 16.4 Å². The van der Waals surface area contributed by atoms with E-state index in [-0.39, 0.29) is 18.8 Å². The van der Waals surface area contributed by atoms with E-state index in [0.717, 1.165) is 11.0 Å². The van der Waals surface area contributed by atoms with Crippen molar-refractivity contribution in [2.24, 2.45) is 14.1 Å². The van der Waals surface area contributed by atoms with Gasteiger partial charge >= 0.3 is 11.1 Å². The van der Waals surface area contributed by atoms with Gasteiger partial charge in [0.1, 0.15) is 5.70 Å². The van der Waals surface area contributed by atoms with Crippen molar-refractivity contribution in [1.29, 1.82) is 0 Å². The first-order valence-electron chi connectivity index (χ1n) is 7.50. The van der Waals surface area contributed by atoms with Gasteiger partial charge in [-0.05, 0) is 18.2 Å². The number of imide groups is 1. The molecule has 0 atom stereocenters. The number of hydrogen-bond acceptors (Lipinski definition) is 6. The van der Waals surface area contributed by atoms with Gasteiger partial charge in [0.05, 0.1) is 24.2 Å². The maximum atomic E-state index is 12.2. The molecular formula is C16H16N4O5. The molecule has 0 saturated carbocycles. The van der Waals surface area contributed by atoms with Crippen LogP contribution in [0.15, 0.2) is 39.6 Å². The number of nitrogens with zero attached hydrogens (tertiary/aromatic N) is 3. The molecule has 1 aliphatic heterocycles. The summed E-state index contributed by atoms with van der Waals surface area (Å²) < 4.78 is 2.49. The summed E-state index contributed by atoms with van der Waals surface area (Å²) in [6.07, 6.45) is 1.15. The first-order valence-corrected chi connectivity index (χ1v) is 7.50. The maximum Gasteiger partial charge on any atom is 0.316 e. The first kappa shape index (κ1) is 16.7. The second kappa shape index (κ2) is 6.02. The number of aliphatic hydroxyl groups is 1. The summed E-state index contributed by atoms with van der Waals surface area (Å²) in [5.74, 6) is -1.04. The van der Waals surface area contributed by atoms with Crippen molar-refractivity contribution in [1.82, 2.24) is 14.0 Å². The van der Waals surface area contributed by atoms with Gasteiger partial charge in [-0.1, -0.05) is 0 Å².